The lowest BCUT2D eigenvalue weighted by molar-refractivity contribution is 0.278. The van der Waals surface area contributed by atoms with E-state index in [9.17, 15) is 4.79 Å². The van der Waals surface area contributed by atoms with Gasteiger partial charge in [0.25, 0.3) is 5.56 Å². The van der Waals surface area contributed by atoms with Crippen molar-refractivity contribution < 1.29 is 4.74 Å². The smallest absolute Gasteiger partial charge is 0.255 e. The van der Waals surface area contributed by atoms with Crippen LogP contribution in [0.15, 0.2) is 29.1 Å². The molecule has 2 aromatic rings. The molecule has 3 heterocycles. The van der Waals surface area contributed by atoms with Crippen molar-refractivity contribution in [2.24, 2.45) is 0 Å². The number of anilines is 1. The van der Waals surface area contributed by atoms with E-state index in [1.54, 1.807) is 0 Å². The summed E-state index contributed by atoms with van der Waals surface area (Å²) in [5.74, 6) is 1.65. The first-order valence-electron chi connectivity index (χ1n) is 10.6. The molecule has 0 amide bonds. The van der Waals surface area contributed by atoms with Crippen LogP contribution < -0.4 is 15.2 Å². The minimum Gasteiger partial charge on any atom is -0.494 e. The number of benzene rings is 1. The maximum Gasteiger partial charge on any atom is 0.255 e. The van der Waals surface area contributed by atoms with Gasteiger partial charge in [-0.3, -0.25) is 14.7 Å². The highest BCUT2D eigenvalue weighted by molar-refractivity contribution is 5.35. The summed E-state index contributed by atoms with van der Waals surface area (Å²) in [5.41, 5.74) is 3.13. The van der Waals surface area contributed by atoms with Crippen molar-refractivity contribution in [2.75, 3.05) is 57.8 Å². The van der Waals surface area contributed by atoms with E-state index in [1.807, 2.05) is 19.1 Å². The zero-order valence-electron chi connectivity index (χ0n) is 17.5. The van der Waals surface area contributed by atoms with Crippen LogP contribution in [0.2, 0.25) is 0 Å². The van der Waals surface area contributed by atoms with E-state index >= 15 is 0 Å². The molecule has 0 spiro atoms. The van der Waals surface area contributed by atoms with Crippen LogP contribution in [0, 0.1) is 0 Å². The van der Waals surface area contributed by atoms with Gasteiger partial charge in [0.05, 0.1) is 12.3 Å². The number of aromatic nitrogens is 2. The van der Waals surface area contributed by atoms with Gasteiger partial charge in [-0.15, -0.1) is 0 Å². The van der Waals surface area contributed by atoms with Crippen LogP contribution in [0.4, 0.5) is 5.95 Å². The highest BCUT2D eigenvalue weighted by Gasteiger charge is 2.22. The minimum absolute atomic E-state index is 0.0341. The average Bonchev–Trinajstić information content (AvgIpc) is 2.93. The number of fused-ring (bicyclic) bond motifs is 1. The van der Waals surface area contributed by atoms with Crippen LogP contribution in [0.25, 0.3) is 0 Å². The summed E-state index contributed by atoms with van der Waals surface area (Å²) in [5, 5.41) is 0. The predicted octanol–water partition coefficient (Wildman–Crippen LogP) is 1.52. The summed E-state index contributed by atoms with van der Waals surface area (Å²) in [4.78, 5) is 27.6. The molecule has 0 atom stereocenters. The molecule has 1 aromatic heterocycles. The highest BCUT2D eigenvalue weighted by atomic mass is 16.5. The molecule has 1 N–H and O–H groups in total. The standard InChI is InChI=1S/C22H31N5O2/c1-3-29-18-6-4-17(5-7-18)16-26-10-8-19-20(9-11-26)23-22(24-21(19)28)27-14-12-25(2)13-15-27/h4-7H,3,8-16H2,1-2H3,(H,23,24,28). The fourth-order valence-electron chi connectivity index (χ4n) is 4.08. The van der Waals surface area contributed by atoms with Crippen LogP contribution in [-0.2, 0) is 19.4 Å². The minimum atomic E-state index is 0.0341. The fraction of sp³-hybridized carbons (Fsp3) is 0.545. The zero-order valence-corrected chi connectivity index (χ0v) is 17.5. The predicted molar refractivity (Wildman–Crippen MR) is 115 cm³/mol. The van der Waals surface area contributed by atoms with Crippen LogP contribution in [0.5, 0.6) is 5.75 Å². The van der Waals surface area contributed by atoms with Crippen molar-refractivity contribution in [2.45, 2.75) is 26.3 Å². The van der Waals surface area contributed by atoms with Crippen LogP contribution in [0.3, 0.4) is 0 Å². The third-order valence-corrected chi connectivity index (χ3v) is 5.87. The van der Waals surface area contributed by atoms with Crippen molar-refractivity contribution in [1.29, 1.82) is 0 Å². The second-order valence-corrected chi connectivity index (χ2v) is 7.96. The van der Waals surface area contributed by atoms with Crippen LogP contribution in [0.1, 0.15) is 23.7 Å². The largest absolute Gasteiger partial charge is 0.494 e. The number of piperazine rings is 1. The molecular weight excluding hydrogens is 366 g/mol. The van der Waals surface area contributed by atoms with E-state index < -0.39 is 0 Å². The number of rotatable bonds is 5. The molecule has 4 rings (SSSR count). The number of hydrogen-bond donors (Lipinski definition) is 1. The second kappa shape index (κ2) is 8.97. The van der Waals surface area contributed by atoms with Gasteiger partial charge in [-0.1, -0.05) is 12.1 Å². The van der Waals surface area contributed by atoms with E-state index in [0.717, 1.165) is 81.6 Å². The normalized spacial score (nSPS) is 18.3. The van der Waals surface area contributed by atoms with Crippen LogP contribution >= 0.6 is 0 Å². The molecule has 29 heavy (non-hydrogen) atoms. The Morgan fingerprint density at radius 2 is 1.76 bits per heavy atom. The quantitative estimate of drug-likeness (QED) is 0.825. The van der Waals surface area contributed by atoms with Crippen molar-refractivity contribution >= 4 is 5.95 Å². The van der Waals surface area contributed by atoms with Gasteiger partial charge < -0.3 is 14.5 Å². The Morgan fingerprint density at radius 1 is 1.03 bits per heavy atom. The van der Waals surface area contributed by atoms with Gasteiger partial charge in [-0.05, 0) is 38.1 Å². The first-order valence-corrected chi connectivity index (χ1v) is 10.6. The van der Waals surface area contributed by atoms with Crippen molar-refractivity contribution in [3.63, 3.8) is 0 Å². The summed E-state index contributed by atoms with van der Waals surface area (Å²) in [6.45, 7) is 9.15. The Bertz CT molecular complexity index is 872. The van der Waals surface area contributed by atoms with Gasteiger partial charge in [0.1, 0.15) is 5.75 Å². The Morgan fingerprint density at radius 3 is 2.48 bits per heavy atom. The molecule has 1 fully saturated rings. The summed E-state index contributed by atoms with van der Waals surface area (Å²) < 4.78 is 5.53. The topological polar surface area (TPSA) is 64.7 Å². The second-order valence-electron chi connectivity index (χ2n) is 7.96. The summed E-state index contributed by atoms with van der Waals surface area (Å²) >= 11 is 0. The molecule has 7 heteroatoms. The maximum absolute atomic E-state index is 12.7. The number of hydrogen-bond acceptors (Lipinski definition) is 6. The van der Waals surface area contributed by atoms with Gasteiger partial charge in [-0.2, -0.15) is 0 Å². The van der Waals surface area contributed by atoms with E-state index in [0.29, 0.717) is 6.61 Å². The first kappa shape index (κ1) is 19.9. The number of nitrogens with one attached hydrogen (secondary N) is 1. The molecule has 1 saturated heterocycles. The lowest BCUT2D eigenvalue weighted by Gasteiger charge is -2.32. The SMILES string of the molecule is CCOc1ccc(CN2CCc3nc(N4CCN(C)CC4)[nH]c(=O)c3CC2)cc1. The van der Waals surface area contributed by atoms with E-state index in [-0.39, 0.29) is 5.56 Å². The van der Waals surface area contributed by atoms with Gasteiger partial charge in [0, 0.05) is 57.8 Å². The van der Waals surface area contributed by atoms with Gasteiger partial charge in [-0.25, -0.2) is 4.98 Å². The molecule has 0 radical (unpaired) electrons. The Kier molecular flexibility index (Phi) is 6.16. The van der Waals surface area contributed by atoms with E-state index in [4.69, 9.17) is 9.72 Å². The molecule has 1 aromatic carbocycles. The third-order valence-electron chi connectivity index (χ3n) is 5.87. The lowest BCUT2D eigenvalue weighted by Crippen LogP contribution is -2.45. The number of ether oxygens (including phenoxy) is 1. The summed E-state index contributed by atoms with van der Waals surface area (Å²) in [6.07, 6.45) is 1.56. The average molecular weight is 398 g/mol. The molecule has 2 aliphatic rings. The number of H-pyrrole nitrogens is 1. The van der Waals surface area contributed by atoms with E-state index in [2.05, 4.69) is 38.9 Å². The lowest BCUT2D eigenvalue weighted by atomic mass is 10.1. The highest BCUT2D eigenvalue weighted by Crippen LogP contribution is 2.18. The molecule has 0 aliphatic carbocycles. The van der Waals surface area contributed by atoms with Crippen LogP contribution in [-0.4, -0.2) is 72.7 Å². The molecule has 7 nitrogen and oxygen atoms in total. The number of aromatic amines is 1. The molecule has 2 aliphatic heterocycles. The molecule has 0 saturated carbocycles. The van der Waals surface area contributed by atoms with Crippen molar-refractivity contribution in [3.8, 4) is 5.75 Å². The summed E-state index contributed by atoms with van der Waals surface area (Å²) in [6, 6.07) is 8.30. The number of likely N-dealkylation sites (N-methyl/N-ethyl adjacent to an activating group) is 1. The summed E-state index contributed by atoms with van der Waals surface area (Å²) in [7, 11) is 2.13. The first-order chi connectivity index (χ1) is 14.1. The molecule has 156 valence electrons. The monoisotopic (exact) mass is 397 g/mol. The molecule has 0 unspecified atom stereocenters. The van der Waals surface area contributed by atoms with E-state index in [1.165, 1.54) is 5.56 Å². The Hall–Kier alpha value is -2.38. The van der Waals surface area contributed by atoms with Crippen molar-refractivity contribution in [1.82, 2.24) is 19.8 Å². The van der Waals surface area contributed by atoms with Gasteiger partial charge in [0.15, 0.2) is 0 Å². The van der Waals surface area contributed by atoms with Crippen molar-refractivity contribution in [3.05, 3.63) is 51.4 Å². The molecular formula is C22H31N5O2. The zero-order chi connectivity index (χ0) is 20.2. The Labute approximate surface area is 172 Å². The van der Waals surface area contributed by atoms with Gasteiger partial charge in [0.2, 0.25) is 5.95 Å². The number of nitrogens with zero attached hydrogens (tertiary/aromatic N) is 4. The Balaban J connectivity index is 1.43. The van der Waals surface area contributed by atoms with Gasteiger partial charge >= 0.3 is 0 Å². The molecule has 0 bridgehead atoms. The third kappa shape index (κ3) is 4.79. The maximum atomic E-state index is 12.7. The fourth-order valence-corrected chi connectivity index (χ4v) is 4.08.